The fraction of sp³-hybridized carbons (Fsp3) is 0.455. The third-order valence-corrected chi connectivity index (χ3v) is 4.13. The zero-order chi connectivity index (χ0) is 13.8. The number of ether oxygens (including phenoxy) is 2. The summed E-state index contributed by atoms with van der Waals surface area (Å²) in [4.78, 5) is 0. The Morgan fingerprint density at radius 1 is 1.22 bits per heavy atom. The number of aliphatic hydroxyl groups is 1. The van der Waals surface area contributed by atoms with Crippen molar-refractivity contribution in [1.82, 2.24) is 0 Å². The molecule has 0 amide bonds. The molecule has 1 aromatic rings. The van der Waals surface area contributed by atoms with Gasteiger partial charge in [0.1, 0.15) is 16.7 Å². The molecule has 0 saturated heterocycles. The number of aliphatic hydroxyl groups excluding tert-OH is 1. The molecule has 0 aromatic heterocycles. The molecular weight excluding hydrogens is 258 g/mol. The quantitative estimate of drug-likeness (QED) is 0.803. The van der Waals surface area contributed by atoms with E-state index in [1.165, 1.54) is 33.3 Å². The minimum absolute atomic E-state index is 0.325. The van der Waals surface area contributed by atoms with Gasteiger partial charge in [0, 0.05) is 18.2 Å². The second-order valence-electron chi connectivity index (χ2n) is 3.74. The Hall–Kier alpha value is -1.47. The van der Waals surface area contributed by atoms with Gasteiger partial charge >= 0.3 is 0 Å². The molecule has 18 heavy (non-hydrogen) atoms. The Morgan fingerprint density at radius 2 is 1.72 bits per heavy atom. The molecule has 1 unspecified atom stereocenters. The van der Waals surface area contributed by atoms with Crippen LogP contribution in [0.25, 0.3) is 0 Å². The first-order valence-electron chi connectivity index (χ1n) is 5.28. The average molecular weight is 275 g/mol. The van der Waals surface area contributed by atoms with Gasteiger partial charge in [-0.3, -0.25) is 4.72 Å². The van der Waals surface area contributed by atoms with Crippen molar-refractivity contribution in [2.75, 3.05) is 25.5 Å². The van der Waals surface area contributed by atoms with Gasteiger partial charge in [-0.2, -0.15) is 0 Å². The molecular formula is C11H17NO5S. The third kappa shape index (κ3) is 3.51. The third-order valence-electron chi connectivity index (χ3n) is 2.40. The minimum Gasteiger partial charge on any atom is -0.497 e. The lowest BCUT2D eigenvalue weighted by molar-refractivity contribution is 0.296. The summed E-state index contributed by atoms with van der Waals surface area (Å²) in [6, 6.07) is 4.70. The second-order valence-corrected chi connectivity index (χ2v) is 5.84. The molecule has 0 aliphatic carbocycles. The molecule has 0 heterocycles. The summed E-state index contributed by atoms with van der Waals surface area (Å²) in [6.07, 6.45) is 0. The van der Waals surface area contributed by atoms with Crippen LogP contribution >= 0.6 is 0 Å². The SMILES string of the molecule is COc1cc(NS(=O)(=O)C(C)CO)cc(OC)c1. The number of benzene rings is 1. The van der Waals surface area contributed by atoms with Crippen LogP contribution in [0.2, 0.25) is 0 Å². The van der Waals surface area contributed by atoms with Crippen LogP contribution in [0.1, 0.15) is 6.92 Å². The van der Waals surface area contributed by atoms with Crippen molar-refractivity contribution >= 4 is 15.7 Å². The minimum atomic E-state index is -3.62. The van der Waals surface area contributed by atoms with Gasteiger partial charge in [-0.1, -0.05) is 0 Å². The molecule has 1 aromatic carbocycles. The summed E-state index contributed by atoms with van der Waals surface area (Å²) in [5.41, 5.74) is 0.325. The van der Waals surface area contributed by atoms with E-state index in [9.17, 15) is 8.42 Å². The van der Waals surface area contributed by atoms with Gasteiger partial charge in [0.2, 0.25) is 10.0 Å². The van der Waals surface area contributed by atoms with Gasteiger partial charge in [0.25, 0.3) is 0 Å². The van der Waals surface area contributed by atoms with Gasteiger partial charge in [-0.05, 0) is 6.92 Å². The molecule has 0 aliphatic rings. The Kier molecular flexibility index (Phi) is 4.80. The first-order valence-corrected chi connectivity index (χ1v) is 6.83. The molecule has 2 N–H and O–H groups in total. The van der Waals surface area contributed by atoms with E-state index in [2.05, 4.69) is 4.72 Å². The van der Waals surface area contributed by atoms with E-state index < -0.39 is 21.9 Å². The first-order chi connectivity index (χ1) is 8.42. The molecule has 6 nitrogen and oxygen atoms in total. The van der Waals surface area contributed by atoms with E-state index in [4.69, 9.17) is 14.6 Å². The van der Waals surface area contributed by atoms with Crippen molar-refractivity contribution in [2.24, 2.45) is 0 Å². The highest BCUT2D eigenvalue weighted by atomic mass is 32.2. The predicted molar refractivity (Wildman–Crippen MR) is 68.6 cm³/mol. The van der Waals surface area contributed by atoms with Gasteiger partial charge in [0.15, 0.2) is 0 Å². The second kappa shape index (κ2) is 5.92. The molecule has 102 valence electrons. The summed E-state index contributed by atoms with van der Waals surface area (Å²) < 4.78 is 36.0. The number of sulfonamides is 1. The predicted octanol–water partition coefficient (Wildman–Crippen LogP) is 0.826. The first kappa shape index (κ1) is 14.6. The van der Waals surface area contributed by atoms with E-state index in [1.54, 1.807) is 6.07 Å². The lowest BCUT2D eigenvalue weighted by Crippen LogP contribution is -2.28. The van der Waals surface area contributed by atoms with Crippen LogP contribution in [0.4, 0.5) is 5.69 Å². The Balaban J connectivity index is 3.04. The number of rotatable bonds is 6. The van der Waals surface area contributed by atoms with E-state index >= 15 is 0 Å². The van der Waals surface area contributed by atoms with E-state index in [-0.39, 0.29) is 0 Å². The van der Waals surface area contributed by atoms with Gasteiger partial charge in [0.05, 0.1) is 26.5 Å². The van der Waals surface area contributed by atoms with Crippen LogP contribution in [0.15, 0.2) is 18.2 Å². The van der Waals surface area contributed by atoms with Crippen molar-refractivity contribution in [3.63, 3.8) is 0 Å². The number of methoxy groups -OCH3 is 2. The fourth-order valence-electron chi connectivity index (χ4n) is 1.23. The molecule has 0 bridgehead atoms. The maximum Gasteiger partial charge on any atom is 0.237 e. The molecule has 0 spiro atoms. The van der Waals surface area contributed by atoms with Crippen molar-refractivity contribution in [3.8, 4) is 11.5 Å². The summed E-state index contributed by atoms with van der Waals surface area (Å²) in [5.74, 6) is 0.951. The van der Waals surface area contributed by atoms with Crippen molar-refractivity contribution < 1.29 is 23.0 Å². The van der Waals surface area contributed by atoms with Crippen molar-refractivity contribution in [1.29, 1.82) is 0 Å². The van der Waals surface area contributed by atoms with Crippen LogP contribution in [0, 0.1) is 0 Å². The Bertz CT molecular complexity index is 478. The van der Waals surface area contributed by atoms with E-state index in [0.717, 1.165) is 0 Å². The topological polar surface area (TPSA) is 84.9 Å². The molecule has 1 rings (SSSR count). The molecule has 0 saturated carbocycles. The monoisotopic (exact) mass is 275 g/mol. The number of hydrogen-bond acceptors (Lipinski definition) is 5. The fourth-order valence-corrected chi connectivity index (χ4v) is 2.07. The van der Waals surface area contributed by atoms with Gasteiger partial charge in [-0.25, -0.2) is 8.42 Å². The van der Waals surface area contributed by atoms with Crippen LogP contribution < -0.4 is 14.2 Å². The highest BCUT2D eigenvalue weighted by molar-refractivity contribution is 7.93. The maximum absolute atomic E-state index is 11.8. The molecule has 7 heteroatoms. The number of hydrogen-bond donors (Lipinski definition) is 2. The molecule has 0 fully saturated rings. The van der Waals surface area contributed by atoms with Crippen LogP contribution in [0.5, 0.6) is 11.5 Å². The Morgan fingerprint density at radius 3 is 2.11 bits per heavy atom. The maximum atomic E-state index is 11.8. The highest BCUT2D eigenvalue weighted by Gasteiger charge is 2.20. The average Bonchev–Trinajstić information content (AvgIpc) is 2.36. The molecule has 0 radical (unpaired) electrons. The van der Waals surface area contributed by atoms with Crippen molar-refractivity contribution in [2.45, 2.75) is 12.2 Å². The standard InChI is InChI=1S/C11H17NO5S/c1-8(7-13)18(14,15)12-9-4-10(16-2)6-11(5-9)17-3/h4-6,8,12-13H,7H2,1-3H3. The summed E-state index contributed by atoms with van der Waals surface area (Å²) in [5, 5.41) is 7.99. The van der Waals surface area contributed by atoms with Crippen LogP contribution in [-0.4, -0.2) is 39.6 Å². The van der Waals surface area contributed by atoms with Crippen LogP contribution in [0.3, 0.4) is 0 Å². The lowest BCUT2D eigenvalue weighted by atomic mass is 10.3. The summed E-state index contributed by atoms with van der Waals surface area (Å²) >= 11 is 0. The van der Waals surface area contributed by atoms with Crippen LogP contribution in [-0.2, 0) is 10.0 Å². The van der Waals surface area contributed by atoms with Gasteiger partial charge < -0.3 is 14.6 Å². The van der Waals surface area contributed by atoms with E-state index in [0.29, 0.717) is 17.2 Å². The zero-order valence-electron chi connectivity index (χ0n) is 10.5. The summed E-state index contributed by atoms with van der Waals surface area (Å²) in [6.45, 7) is 0.968. The highest BCUT2D eigenvalue weighted by Crippen LogP contribution is 2.26. The largest absolute Gasteiger partial charge is 0.497 e. The summed E-state index contributed by atoms with van der Waals surface area (Å²) in [7, 11) is -0.673. The normalized spacial score (nSPS) is 12.9. The Labute approximate surface area is 107 Å². The number of nitrogens with one attached hydrogen (secondary N) is 1. The molecule has 0 aliphatic heterocycles. The van der Waals surface area contributed by atoms with Crippen molar-refractivity contribution in [3.05, 3.63) is 18.2 Å². The number of anilines is 1. The lowest BCUT2D eigenvalue weighted by Gasteiger charge is -2.14. The van der Waals surface area contributed by atoms with Gasteiger partial charge in [-0.15, -0.1) is 0 Å². The molecule has 1 atom stereocenters. The zero-order valence-corrected chi connectivity index (χ0v) is 11.3. The smallest absolute Gasteiger partial charge is 0.237 e. The van der Waals surface area contributed by atoms with E-state index in [1.807, 2.05) is 0 Å².